The minimum absolute atomic E-state index is 0.0136. The molecule has 3 N–H and O–H groups in total. The van der Waals surface area contributed by atoms with Crippen molar-refractivity contribution in [3.8, 4) is 6.07 Å². The van der Waals surface area contributed by atoms with Gasteiger partial charge in [-0.15, -0.1) is 11.3 Å². The van der Waals surface area contributed by atoms with E-state index < -0.39 is 29.0 Å². The number of fused-ring (bicyclic) bond motifs is 1. The molecular weight excluding hydrogens is 518 g/mol. The number of amides is 1. The fourth-order valence-electron chi connectivity index (χ4n) is 4.77. The van der Waals surface area contributed by atoms with Crippen molar-refractivity contribution in [2.75, 3.05) is 5.32 Å². The van der Waals surface area contributed by atoms with E-state index in [-0.39, 0.29) is 37.3 Å². The molecule has 1 aliphatic heterocycles. The summed E-state index contributed by atoms with van der Waals surface area (Å²) >= 11 is 0.924. The quantitative estimate of drug-likeness (QED) is 0.410. The minimum Gasteiger partial charge on any atom is -0.384 e. The van der Waals surface area contributed by atoms with Gasteiger partial charge in [-0.1, -0.05) is 42.5 Å². The van der Waals surface area contributed by atoms with Crippen LogP contribution in [0.25, 0.3) is 17.5 Å². The van der Waals surface area contributed by atoms with Crippen molar-refractivity contribution < 1.29 is 13.6 Å². The molecule has 2 heterocycles. The largest absolute Gasteiger partial charge is 0.384 e. The smallest absolute Gasteiger partial charge is 0.274 e. The molecule has 9 heteroatoms. The van der Waals surface area contributed by atoms with E-state index >= 15 is 4.39 Å². The SMILES string of the molecule is Cc1cc(C)cc(NC(=O)C2=c3s/c(=C\c4ccccc4F)c(=O)n3C(N)=C(C#N)C2c2ccccc2F)c1. The van der Waals surface area contributed by atoms with E-state index in [2.05, 4.69) is 5.32 Å². The van der Waals surface area contributed by atoms with E-state index in [4.69, 9.17) is 5.73 Å². The second kappa shape index (κ2) is 10.2. The summed E-state index contributed by atoms with van der Waals surface area (Å²) in [7, 11) is 0. The van der Waals surface area contributed by atoms with Crippen LogP contribution in [0.5, 0.6) is 0 Å². The van der Waals surface area contributed by atoms with Gasteiger partial charge in [-0.25, -0.2) is 8.78 Å². The molecule has 1 aromatic heterocycles. The molecule has 0 radical (unpaired) electrons. The van der Waals surface area contributed by atoms with E-state index in [0.717, 1.165) is 27.0 Å². The number of nitriles is 1. The van der Waals surface area contributed by atoms with Gasteiger partial charge in [0.05, 0.1) is 27.7 Å². The zero-order chi connectivity index (χ0) is 27.8. The lowest BCUT2D eigenvalue weighted by atomic mass is 9.83. The molecule has 6 nitrogen and oxygen atoms in total. The van der Waals surface area contributed by atoms with Gasteiger partial charge in [0.2, 0.25) is 0 Å². The molecule has 1 atom stereocenters. The molecular formula is C30H22F2N4O2S. The third-order valence-corrected chi connectivity index (χ3v) is 7.51. The number of allylic oxidation sites excluding steroid dienone is 1. The maximum atomic E-state index is 15.1. The maximum absolute atomic E-state index is 15.1. The van der Waals surface area contributed by atoms with Crippen molar-refractivity contribution in [2.24, 2.45) is 5.73 Å². The highest BCUT2D eigenvalue weighted by molar-refractivity contribution is 7.07. The zero-order valence-corrected chi connectivity index (χ0v) is 21.8. The van der Waals surface area contributed by atoms with Crippen molar-refractivity contribution in [3.05, 3.63) is 126 Å². The number of anilines is 1. The summed E-state index contributed by atoms with van der Waals surface area (Å²) in [6, 6.07) is 19.2. The van der Waals surface area contributed by atoms with Gasteiger partial charge in [0.15, 0.2) is 0 Å². The number of hydrogen-bond donors (Lipinski definition) is 2. The Balaban J connectivity index is 1.84. The van der Waals surface area contributed by atoms with Gasteiger partial charge in [0.25, 0.3) is 11.5 Å². The number of thiazole rings is 1. The molecule has 1 aliphatic rings. The van der Waals surface area contributed by atoms with Crippen molar-refractivity contribution in [1.82, 2.24) is 4.57 Å². The molecule has 0 saturated carbocycles. The average Bonchev–Trinajstić information content (AvgIpc) is 3.20. The summed E-state index contributed by atoms with van der Waals surface area (Å²) < 4.78 is 30.8. The van der Waals surface area contributed by atoms with E-state index in [0.29, 0.717) is 5.69 Å². The Bertz CT molecular complexity index is 1890. The van der Waals surface area contributed by atoms with Crippen LogP contribution >= 0.6 is 11.3 Å². The molecule has 194 valence electrons. The molecule has 0 aliphatic carbocycles. The van der Waals surface area contributed by atoms with Gasteiger partial charge < -0.3 is 11.1 Å². The number of carbonyl (C=O) groups excluding carboxylic acids is 1. The normalized spacial score (nSPS) is 15.2. The van der Waals surface area contributed by atoms with Crippen LogP contribution in [0.1, 0.15) is 28.2 Å². The van der Waals surface area contributed by atoms with E-state index in [1.807, 2.05) is 26.0 Å². The first kappa shape index (κ1) is 25.8. The van der Waals surface area contributed by atoms with Gasteiger partial charge in [-0.05, 0) is 55.3 Å². The fourth-order valence-corrected chi connectivity index (χ4v) is 5.93. The number of rotatable bonds is 4. The van der Waals surface area contributed by atoms with E-state index in [9.17, 15) is 19.2 Å². The molecule has 5 rings (SSSR count). The number of carbonyl (C=O) groups is 1. The number of aryl methyl sites for hydroxylation is 2. The number of aromatic nitrogens is 1. The standard InChI is InChI=1S/C30H22F2N4O2S/c1-16-11-17(2)13-19(12-16)35-28(37)26-25(20-8-4-6-10-23(20)32)21(15-33)27(34)36-29(38)24(39-30(26)36)14-18-7-3-5-9-22(18)31/h3-14,25H,34H2,1-2H3,(H,35,37)/b24-14-. The second-order valence-corrected chi connectivity index (χ2v) is 10.2. The summed E-state index contributed by atoms with van der Waals surface area (Å²) in [4.78, 5) is 27.4. The fraction of sp³-hybridized carbons (Fsp3) is 0.100. The van der Waals surface area contributed by atoms with Crippen molar-refractivity contribution in [3.63, 3.8) is 0 Å². The second-order valence-electron chi connectivity index (χ2n) is 9.19. The number of nitrogens with two attached hydrogens (primary N) is 1. The monoisotopic (exact) mass is 540 g/mol. The molecule has 3 aromatic carbocycles. The molecule has 0 saturated heterocycles. The van der Waals surface area contributed by atoms with Crippen LogP contribution in [-0.2, 0) is 4.79 Å². The van der Waals surface area contributed by atoms with Crippen LogP contribution in [0, 0.1) is 36.8 Å². The van der Waals surface area contributed by atoms with E-state index in [1.165, 1.54) is 42.5 Å². The van der Waals surface area contributed by atoms with Crippen LogP contribution in [0.3, 0.4) is 0 Å². The summed E-state index contributed by atoms with van der Waals surface area (Å²) in [6.45, 7) is 3.77. The Labute approximate surface area is 226 Å². The molecule has 1 unspecified atom stereocenters. The van der Waals surface area contributed by atoms with Gasteiger partial charge in [0.1, 0.15) is 22.1 Å². The Hall–Kier alpha value is -4.81. The molecule has 0 fully saturated rings. The first-order valence-electron chi connectivity index (χ1n) is 12.0. The van der Waals surface area contributed by atoms with Gasteiger partial charge in [0, 0.05) is 16.8 Å². The third kappa shape index (κ3) is 4.67. The zero-order valence-electron chi connectivity index (χ0n) is 21.0. The lowest BCUT2D eigenvalue weighted by Crippen LogP contribution is -2.41. The van der Waals surface area contributed by atoms with Crippen molar-refractivity contribution >= 4 is 40.4 Å². The maximum Gasteiger partial charge on any atom is 0.274 e. The Morgan fingerprint density at radius 1 is 1.05 bits per heavy atom. The lowest BCUT2D eigenvalue weighted by molar-refractivity contribution is -0.111. The highest BCUT2D eigenvalue weighted by atomic mass is 32.1. The molecule has 0 bridgehead atoms. The van der Waals surface area contributed by atoms with E-state index in [1.54, 1.807) is 24.3 Å². The van der Waals surface area contributed by atoms with Crippen LogP contribution in [-0.4, -0.2) is 10.5 Å². The number of nitrogens with zero attached hydrogens (tertiary/aromatic N) is 2. The molecule has 1 amide bonds. The number of nitrogens with one attached hydrogen (secondary N) is 1. The number of halogens is 2. The molecule has 39 heavy (non-hydrogen) atoms. The predicted molar refractivity (Wildman–Crippen MR) is 148 cm³/mol. The third-order valence-electron chi connectivity index (χ3n) is 6.40. The summed E-state index contributed by atoms with van der Waals surface area (Å²) in [6.07, 6.45) is 1.37. The van der Waals surface area contributed by atoms with Gasteiger partial charge >= 0.3 is 0 Å². The first-order valence-corrected chi connectivity index (χ1v) is 12.8. The Morgan fingerprint density at radius 2 is 1.69 bits per heavy atom. The number of benzene rings is 3. The van der Waals surface area contributed by atoms with Crippen LogP contribution < -0.4 is 25.8 Å². The van der Waals surface area contributed by atoms with Gasteiger partial charge in [-0.2, -0.15) is 5.26 Å². The van der Waals surface area contributed by atoms with Crippen molar-refractivity contribution in [2.45, 2.75) is 19.8 Å². The topological polar surface area (TPSA) is 101 Å². The van der Waals surface area contributed by atoms with Gasteiger partial charge in [-0.3, -0.25) is 14.2 Å². The Kier molecular flexibility index (Phi) is 6.73. The van der Waals surface area contributed by atoms with Crippen LogP contribution in [0.15, 0.2) is 77.1 Å². The lowest BCUT2D eigenvalue weighted by Gasteiger charge is -2.25. The molecule has 0 spiro atoms. The van der Waals surface area contributed by atoms with Crippen LogP contribution in [0.2, 0.25) is 0 Å². The Morgan fingerprint density at radius 3 is 2.33 bits per heavy atom. The molecule has 4 aromatic rings. The van der Waals surface area contributed by atoms with Crippen LogP contribution in [0.4, 0.5) is 14.5 Å². The number of hydrogen-bond acceptors (Lipinski definition) is 5. The summed E-state index contributed by atoms with van der Waals surface area (Å²) in [5.74, 6) is -3.18. The first-order chi connectivity index (χ1) is 18.7. The summed E-state index contributed by atoms with van der Waals surface area (Å²) in [5.41, 5.74) is 8.14. The minimum atomic E-state index is -1.18. The highest BCUT2D eigenvalue weighted by Crippen LogP contribution is 2.37. The van der Waals surface area contributed by atoms with Crippen molar-refractivity contribution in [1.29, 1.82) is 5.26 Å². The predicted octanol–water partition coefficient (Wildman–Crippen LogP) is 3.87. The summed E-state index contributed by atoms with van der Waals surface area (Å²) in [5, 5.41) is 13.0. The average molecular weight is 541 g/mol. The highest BCUT2D eigenvalue weighted by Gasteiger charge is 2.37.